The number of nitrogens with zero attached hydrogens (tertiary/aromatic N) is 1. The number of fused-ring (bicyclic) bond motifs is 1. The van der Waals surface area contributed by atoms with Crippen molar-refractivity contribution in [3.63, 3.8) is 0 Å². The first-order valence-corrected chi connectivity index (χ1v) is 7.45. The van der Waals surface area contributed by atoms with E-state index in [2.05, 4.69) is 22.1 Å². The first-order chi connectivity index (χ1) is 8.67. The van der Waals surface area contributed by atoms with Crippen LogP contribution in [0.2, 0.25) is 0 Å². The predicted octanol–water partition coefficient (Wildman–Crippen LogP) is 1.92. The summed E-state index contributed by atoms with van der Waals surface area (Å²) < 4.78 is 23.9. The summed E-state index contributed by atoms with van der Waals surface area (Å²) in [7, 11) is -3.52. The molecule has 1 saturated carbocycles. The molecule has 0 radical (unpaired) electrons. The minimum atomic E-state index is -3.52. The molecule has 2 aliphatic rings. The smallest absolute Gasteiger partial charge is 0.200 e. The molecule has 0 aromatic heterocycles. The van der Waals surface area contributed by atoms with Gasteiger partial charge < -0.3 is 0 Å². The highest BCUT2D eigenvalue weighted by Crippen LogP contribution is 2.40. The third kappa shape index (κ3) is 1.95. The summed E-state index contributed by atoms with van der Waals surface area (Å²) in [6.07, 6.45) is 6.19. The van der Waals surface area contributed by atoms with Crippen molar-refractivity contribution in [2.75, 3.05) is 0 Å². The summed E-state index contributed by atoms with van der Waals surface area (Å²) >= 11 is 0. The van der Waals surface area contributed by atoms with E-state index in [1.165, 1.54) is 0 Å². The lowest BCUT2D eigenvalue weighted by molar-refractivity contribution is 0.463. The summed E-state index contributed by atoms with van der Waals surface area (Å²) in [5.41, 5.74) is 0.963. The van der Waals surface area contributed by atoms with Crippen LogP contribution in [0.5, 0.6) is 0 Å². The molecule has 0 unspecified atom stereocenters. The van der Waals surface area contributed by atoms with Gasteiger partial charge in [0.05, 0.1) is 4.90 Å². The Morgan fingerprint density at radius 1 is 1.22 bits per heavy atom. The Labute approximate surface area is 106 Å². The van der Waals surface area contributed by atoms with Gasteiger partial charge in [-0.1, -0.05) is 30.4 Å². The molecule has 1 N–H and O–H groups in total. The summed E-state index contributed by atoms with van der Waals surface area (Å²) in [5.74, 6) is 0.994. The molecule has 0 bridgehead atoms. The molecule has 0 spiro atoms. The van der Waals surface area contributed by atoms with E-state index in [9.17, 15) is 8.42 Å². The minimum absolute atomic E-state index is 0.245. The molecule has 18 heavy (non-hydrogen) atoms. The lowest BCUT2D eigenvalue weighted by Gasteiger charge is -2.31. The van der Waals surface area contributed by atoms with Crippen molar-refractivity contribution in [3.05, 3.63) is 42.5 Å². The third-order valence-electron chi connectivity index (χ3n) is 3.53. The normalized spacial score (nSPS) is 27.9. The first kappa shape index (κ1) is 11.5. The van der Waals surface area contributed by atoms with Crippen molar-refractivity contribution in [1.29, 1.82) is 0 Å². The van der Waals surface area contributed by atoms with Gasteiger partial charge in [0.15, 0.2) is 0 Å². The Balaban J connectivity index is 1.72. The van der Waals surface area contributed by atoms with E-state index in [-0.39, 0.29) is 4.90 Å². The molecular formula is C13H14N2O2S. The lowest BCUT2D eigenvalue weighted by atomic mass is 9.74. The number of benzene rings is 1. The quantitative estimate of drug-likeness (QED) is 0.668. The van der Waals surface area contributed by atoms with E-state index in [1.54, 1.807) is 30.3 Å². The zero-order chi connectivity index (χ0) is 12.6. The van der Waals surface area contributed by atoms with Gasteiger partial charge in [-0.15, -0.1) is 0 Å². The van der Waals surface area contributed by atoms with Gasteiger partial charge in [0.2, 0.25) is 0 Å². The van der Waals surface area contributed by atoms with Crippen molar-refractivity contribution >= 4 is 15.7 Å². The van der Waals surface area contributed by atoms with Gasteiger partial charge in [-0.2, -0.15) is 13.5 Å². The summed E-state index contributed by atoms with van der Waals surface area (Å²) in [6.45, 7) is 0. The van der Waals surface area contributed by atoms with Crippen LogP contribution in [-0.4, -0.2) is 14.1 Å². The fourth-order valence-electron chi connectivity index (χ4n) is 2.43. The molecule has 5 heteroatoms. The molecule has 1 aromatic carbocycles. The average Bonchev–Trinajstić information content (AvgIpc) is 2.72. The van der Waals surface area contributed by atoms with E-state index in [4.69, 9.17) is 0 Å². The Kier molecular flexibility index (Phi) is 2.70. The van der Waals surface area contributed by atoms with Crippen LogP contribution in [0.4, 0.5) is 0 Å². The van der Waals surface area contributed by atoms with Crippen LogP contribution in [-0.2, 0) is 10.0 Å². The summed E-state index contributed by atoms with van der Waals surface area (Å²) in [5, 5.41) is 4.06. The Morgan fingerprint density at radius 3 is 2.72 bits per heavy atom. The highest BCUT2D eigenvalue weighted by atomic mass is 32.2. The second-order valence-electron chi connectivity index (χ2n) is 4.65. The molecule has 0 saturated heterocycles. The number of hydrazone groups is 1. The second kappa shape index (κ2) is 4.24. The van der Waals surface area contributed by atoms with Gasteiger partial charge in [-0.3, -0.25) is 0 Å². The van der Waals surface area contributed by atoms with Crippen LogP contribution in [0.25, 0.3) is 0 Å². The Bertz CT molecular complexity index is 605. The van der Waals surface area contributed by atoms with Crippen molar-refractivity contribution < 1.29 is 8.42 Å². The highest BCUT2D eigenvalue weighted by Gasteiger charge is 2.38. The molecule has 2 aliphatic carbocycles. The molecule has 94 valence electrons. The number of hydrogen-bond acceptors (Lipinski definition) is 3. The number of nitrogens with one attached hydrogen (secondary N) is 1. The standard InChI is InChI=1S/C13H14N2O2S/c16-18(17,11-6-2-1-3-7-11)15-14-13-9-10-5-4-8-12(10)13/h1-7,10,12,15H,8-9H2/b14-13+/t10-,12+/m1/s1. The maximum atomic E-state index is 11.9. The van der Waals surface area contributed by atoms with E-state index in [1.807, 2.05) is 0 Å². The maximum absolute atomic E-state index is 11.9. The van der Waals surface area contributed by atoms with Gasteiger partial charge in [-0.25, -0.2) is 4.83 Å². The van der Waals surface area contributed by atoms with Crippen molar-refractivity contribution in [1.82, 2.24) is 4.83 Å². The zero-order valence-corrected chi connectivity index (χ0v) is 10.6. The van der Waals surface area contributed by atoms with E-state index in [0.29, 0.717) is 11.8 Å². The minimum Gasteiger partial charge on any atom is -0.200 e. The van der Waals surface area contributed by atoms with Crippen LogP contribution >= 0.6 is 0 Å². The lowest BCUT2D eigenvalue weighted by Crippen LogP contribution is -2.35. The van der Waals surface area contributed by atoms with Crippen LogP contribution < -0.4 is 4.83 Å². The number of hydrogen-bond donors (Lipinski definition) is 1. The highest BCUT2D eigenvalue weighted by molar-refractivity contribution is 7.89. The van der Waals surface area contributed by atoms with Gasteiger partial charge in [0.25, 0.3) is 10.0 Å². The zero-order valence-electron chi connectivity index (χ0n) is 9.78. The molecule has 1 fully saturated rings. The molecule has 0 aliphatic heterocycles. The average molecular weight is 262 g/mol. The number of allylic oxidation sites excluding steroid dienone is 2. The van der Waals surface area contributed by atoms with Gasteiger partial charge >= 0.3 is 0 Å². The monoisotopic (exact) mass is 262 g/mol. The third-order valence-corrected chi connectivity index (χ3v) is 4.75. The number of rotatable bonds is 3. The largest absolute Gasteiger partial charge is 0.276 e. The van der Waals surface area contributed by atoms with Gasteiger partial charge in [0.1, 0.15) is 0 Å². The molecule has 3 rings (SSSR count). The van der Waals surface area contributed by atoms with E-state index in [0.717, 1.165) is 18.6 Å². The van der Waals surface area contributed by atoms with Crippen LogP contribution in [0, 0.1) is 11.8 Å². The van der Waals surface area contributed by atoms with Crippen LogP contribution in [0.15, 0.2) is 52.5 Å². The fourth-order valence-corrected chi connectivity index (χ4v) is 3.29. The molecular weight excluding hydrogens is 248 g/mol. The fraction of sp³-hybridized carbons (Fsp3) is 0.308. The molecule has 0 heterocycles. The first-order valence-electron chi connectivity index (χ1n) is 5.97. The molecule has 1 aromatic rings. The van der Waals surface area contributed by atoms with Crippen molar-refractivity contribution in [3.8, 4) is 0 Å². The van der Waals surface area contributed by atoms with Crippen molar-refractivity contribution in [2.24, 2.45) is 16.9 Å². The predicted molar refractivity (Wildman–Crippen MR) is 69.6 cm³/mol. The van der Waals surface area contributed by atoms with E-state index >= 15 is 0 Å². The van der Waals surface area contributed by atoms with Crippen LogP contribution in [0.1, 0.15) is 12.8 Å². The summed E-state index contributed by atoms with van der Waals surface area (Å²) in [6, 6.07) is 8.29. The van der Waals surface area contributed by atoms with E-state index < -0.39 is 10.0 Å². The number of sulfonamides is 1. The SMILES string of the molecule is O=S(=O)(N/N=C1\C[C@H]2C=CC[C@H]12)c1ccccc1. The molecule has 2 atom stereocenters. The Hall–Kier alpha value is -1.62. The van der Waals surface area contributed by atoms with Gasteiger partial charge in [-0.05, 0) is 30.9 Å². The second-order valence-corrected chi connectivity index (χ2v) is 6.31. The summed E-state index contributed by atoms with van der Waals surface area (Å²) in [4.78, 5) is 2.57. The van der Waals surface area contributed by atoms with Gasteiger partial charge in [0, 0.05) is 11.6 Å². The van der Waals surface area contributed by atoms with Crippen molar-refractivity contribution in [2.45, 2.75) is 17.7 Å². The molecule has 0 amide bonds. The molecule has 4 nitrogen and oxygen atoms in total. The topological polar surface area (TPSA) is 58.5 Å². The maximum Gasteiger partial charge on any atom is 0.276 e. The Morgan fingerprint density at radius 2 is 2.00 bits per heavy atom. The van der Waals surface area contributed by atoms with Crippen LogP contribution in [0.3, 0.4) is 0 Å².